The number of rotatable bonds is 3. The fourth-order valence-electron chi connectivity index (χ4n) is 2.46. The molecule has 1 aromatic carbocycles. The number of hydrogen-bond donors (Lipinski definition) is 1. The molecule has 1 saturated heterocycles. The van der Waals surface area contributed by atoms with Crippen LogP contribution in [0.25, 0.3) is 0 Å². The maximum Gasteiger partial charge on any atom is 0.152 e. The first kappa shape index (κ1) is 14.3. The third-order valence-electron chi connectivity index (χ3n) is 3.15. The third kappa shape index (κ3) is 3.26. The summed E-state index contributed by atoms with van der Waals surface area (Å²) in [5.41, 5.74) is 1.00. The van der Waals surface area contributed by atoms with Crippen LogP contribution in [0.5, 0.6) is 0 Å². The summed E-state index contributed by atoms with van der Waals surface area (Å²) in [4.78, 5) is 13.2. The lowest BCUT2D eigenvalue weighted by atomic mass is 10.0. The number of anilines is 1. The average Bonchev–Trinajstić information content (AvgIpc) is 2.36. The van der Waals surface area contributed by atoms with Gasteiger partial charge < -0.3 is 14.7 Å². The van der Waals surface area contributed by atoms with Crippen molar-refractivity contribution >= 4 is 23.6 Å². The van der Waals surface area contributed by atoms with Crippen molar-refractivity contribution in [2.75, 3.05) is 24.6 Å². The van der Waals surface area contributed by atoms with Crippen molar-refractivity contribution in [3.63, 3.8) is 0 Å². The van der Waals surface area contributed by atoms with E-state index in [0.717, 1.165) is 12.0 Å². The molecule has 1 unspecified atom stereocenters. The number of aldehydes is 1. The molecule has 0 aliphatic carbocycles. The van der Waals surface area contributed by atoms with Crippen molar-refractivity contribution in [3.05, 3.63) is 28.8 Å². The highest BCUT2D eigenvalue weighted by atomic mass is 35.5. The molecule has 0 saturated carbocycles. The Morgan fingerprint density at radius 1 is 1.58 bits per heavy atom. The van der Waals surface area contributed by atoms with Gasteiger partial charge in [-0.3, -0.25) is 4.79 Å². The Morgan fingerprint density at radius 3 is 2.95 bits per heavy atom. The topological polar surface area (TPSA) is 49.8 Å². The van der Waals surface area contributed by atoms with Crippen LogP contribution in [0.15, 0.2) is 18.2 Å². The summed E-state index contributed by atoms with van der Waals surface area (Å²) in [6, 6.07) is 5.19. The van der Waals surface area contributed by atoms with Gasteiger partial charge in [0.25, 0.3) is 0 Å². The summed E-state index contributed by atoms with van der Waals surface area (Å²) in [6.45, 7) is 5.07. The van der Waals surface area contributed by atoms with Crippen LogP contribution in [0.3, 0.4) is 0 Å². The lowest BCUT2D eigenvalue weighted by Crippen LogP contribution is -2.54. The summed E-state index contributed by atoms with van der Waals surface area (Å²) in [5, 5.41) is 9.91. The highest BCUT2D eigenvalue weighted by molar-refractivity contribution is 6.31. The first-order valence-corrected chi connectivity index (χ1v) is 6.61. The molecule has 0 amide bonds. The molecular formula is C14H18ClNO3. The maximum absolute atomic E-state index is 11.1. The molecule has 0 aromatic heterocycles. The number of benzene rings is 1. The molecule has 2 rings (SSSR count). The molecule has 104 valence electrons. The zero-order chi connectivity index (χ0) is 14.0. The van der Waals surface area contributed by atoms with Gasteiger partial charge in [0.15, 0.2) is 6.29 Å². The quantitative estimate of drug-likeness (QED) is 0.864. The van der Waals surface area contributed by atoms with E-state index in [1.807, 2.05) is 18.7 Å². The molecule has 1 aliphatic rings. The maximum atomic E-state index is 11.1. The van der Waals surface area contributed by atoms with Gasteiger partial charge in [0.05, 0.1) is 18.3 Å². The highest BCUT2D eigenvalue weighted by Gasteiger charge is 2.33. The summed E-state index contributed by atoms with van der Waals surface area (Å²) in [6.07, 6.45) is 0.560. The summed E-state index contributed by atoms with van der Waals surface area (Å²) in [7, 11) is 0. The van der Waals surface area contributed by atoms with Crippen molar-refractivity contribution in [2.45, 2.75) is 25.6 Å². The molecule has 19 heavy (non-hydrogen) atoms. The normalized spacial score (nSPS) is 22.3. The second-order valence-corrected chi connectivity index (χ2v) is 5.82. The lowest BCUT2D eigenvalue weighted by Gasteiger charge is -2.43. The molecule has 1 N–H and O–H groups in total. The van der Waals surface area contributed by atoms with Gasteiger partial charge in [0.1, 0.15) is 0 Å². The van der Waals surface area contributed by atoms with Crippen LogP contribution < -0.4 is 4.90 Å². The zero-order valence-electron chi connectivity index (χ0n) is 11.1. The van der Waals surface area contributed by atoms with Crippen molar-refractivity contribution in [1.82, 2.24) is 0 Å². The number of nitrogens with zero attached hydrogens (tertiary/aromatic N) is 1. The lowest BCUT2D eigenvalue weighted by molar-refractivity contribution is -0.101. The van der Waals surface area contributed by atoms with Crippen LogP contribution in [0.4, 0.5) is 5.69 Å². The second kappa shape index (κ2) is 5.49. The van der Waals surface area contributed by atoms with Crippen molar-refractivity contribution in [3.8, 4) is 0 Å². The number of aliphatic hydroxyl groups excluding tert-OH is 1. The summed E-state index contributed by atoms with van der Waals surface area (Å²) < 4.78 is 5.77. The number of ether oxygens (including phenoxy) is 1. The molecule has 1 aliphatic heterocycles. The van der Waals surface area contributed by atoms with Crippen LogP contribution in [-0.2, 0) is 4.74 Å². The Hall–Kier alpha value is -1.10. The van der Waals surface area contributed by atoms with Gasteiger partial charge in [-0.15, -0.1) is 0 Å². The van der Waals surface area contributed by atoms with Crippen molar-refractivity contribution in [1.29, 1.82) is 0 Å². The Labute approximate surface area is 117 Å². The minimum atomic E-state index is -0.381. The largest absolute Gasteiger partial charge is 0.394 e. The highest BCUT2D eigenvalue weighted by Crippen LogP contribution is 2.30. The van der Waals surface area contributed by atoms with E-state index < -0.39 is 0 Å². The van der Waals surface area contributed by atoms with Crippen LogP contribution in [-0.4, -0.2) is 42.8 Å². The van der Waals surface area contributed by atoms with E-state index in [4.69, 9.17) is 16.3 Å². The first-order chi connectivity index (χ1) is 8.95. The van der Waals surface area contributed by atoms with Crippen LogP contribution >= 0.6 is 11.6 Å². The molecule has 4 nitrogen and oxygen atoms in total. The van der Waals surface area contributed by atoms with E-state index in [2.05, 4.69) is 0 Å². The standard InChI is InChI=1S/C14H18ClNO3/c1-14(2)9-16(6-12(8-18)19-14)13-5-11(15)4-3-10(13)7-17/h3-5,7,12,18H,6,8-9H2,1-2H3. The van der Waals surface area contributed by atoms with Crippen molar-refractivity contribution in [2.24, 2.45) is 0 Å². The van der Waals surface area contributed by atoms with Crippen LogP contribution in [0.2, 0.25) is 5.02 Å². The van der Waals surface area contributed by atoms with Gasteiger partial charge in [0, 0.05) is 29.4 Å². The number of hydrogen-bond acceptors (Lipinski definition) is 4. The smallest absolute Gasteiger partial charge is 0.152 e. The Balaban J connectivity index is 2.34. The molecule has 0 spiro atoms. The SMILES string of the molecule is CC1(C)CN(c2cc(Cl)ccc2C=O)CC(CO)O1. The van der Waals surface area contributed by atoms with Gasteiger partial charge in [-0.1, -0.05) is 11.6 Å². The Morgan fingerprint density at radius 2 is 2.32 bits per heavy atom. The number of halogens is 1. The van der Waals surface area contributed by atoms with Crippen LogP contribution in [0, 0.1) is 0 Å². The fraction of sp³-hybridized carbons (Fsp3) is 0.500. The predicted molar refractivity (Wildman–Crippen MR) is 75.1 cm³/mol. The van der Waals surface area contributed by atoms with Crippen LogP contribution in [0.1, 0.15) is 24.2 Å². The molecule has 0 bridgehead atoms. The second-order valence-electron chi connectivity index (χ2n) is 5.38. The van der Waals surface area contributed by atoms with E-state index in [9.17, 15) is 9.90 Å². The van der Waals surface area contributed by atoms with E-state index in [0.29, 0.717) is 23.7 Å². The Bertz CT molecular complexity index is 476. The van der Waals surface area contributed by atoms with Crippen molar-refractivity contribution < 1.29 is 14.6 Å². The molecular weight excluding hydrogens is 266 g/mol. The van der Waals surface area contributed by atoms with Gasteiger partial charge in [0.2, 0.25) is 0 Å². The number of carbonyl (C=O) groups is 1. The summed E-state index contributed by atoms with van der Waals surface area (Å²) in [5.74, 6) is 0. The molecule has 5 heteroatoms. The Kier molecular flexibility index (Phi) is 4.13. The monoisotopic (exact) mass is 283 g/mol. The summed E-state index contributed by atoms with van der Waals surface area (Å²) >= 11 is 6.01. The van der Waals surface area contributed by atoms with Gasteiger partial charge >= 0.3 is 0 Å². The van der Waals surface area contributed by atoms with E-state index in [1.54, 1.807) is 18.2 Å². The molecule has 1 aromatic rings. The predicted octanol–water partition coefficient (Wildman–Crippen LogP) is 2.13. The van der Waals surface area contributed by atoms with Gasteiger partial charge in [-0.05, 0) is 32.0 Å². The van der Waals surface area contributed by atoms with E-state index >= 15 is 0 Å². The molecule has 0 radical (unpaired) electrons. The number of morpholine rings is 1. The van der Waals surface area contributed by atoms with E-state index in [-0.39, 0.29) is 18.3 Å². The van der Waals surface area contributed by atoms with Gasteiger partial charge in [-0.2, -0.15) is 0 Å². The van der Waals surface area contributed by atoms with Gasteiger partial charge in [-0.25, -0.2) is 0 Å². The number of aliphatic hydroxyl groups is 1. The molecule has 1 fully saturated rings. The minimum Gasteiger partial charge on any atom is -0.394 e. The first-order valence-electron chi connectivity index (χ1n) is 6.23. The third-order valence-corrected chi connectivity index (χ3v) is 3.38. The number of carbonyl (C=O) groups excluding carboxylic acids is 1. The molecule has 1 heterocycles. The minimum absolute atomic E-state index is 0.0447. The molecule has 1 atom stereocenters. The van der Waals surface area contributed by atoms with E-state index in [1.165, 1.54) is 0 Å². The fourth-order valence-corrected chi connectivity index (χ4v) is 2.63. The zero-order valence-corrected chi connectivity index (χ0v) is 11.9. The average molecular weight is 284 g/mol.